The number of aromatic nitrogens is 2. The first-order valence-corrected chi connectivity index (χ1v) is 7.71. The molecule has 1 saturated heterocycles. The molecule has 1 aromatic carbocycles. The lowest BCUT2D eigenvalue weighted by atomic mass is 10.1. The molecule has 2 heterocycles. The highest BCUT2D eigenvalue weighted by Crippen LogP contribution is 2.15. The standard InChI is InChI=1S/C17H22N4O/c1-12-10-13(2)21(19-12)16-6-4-15(5-7-16)17(22)20-9-8-18-11-14(20)3/h4-7,10,14,18H,8-9,11H2,1-3H3/t14-/m1/s1. The van der Waals surface area contributed by atoms with Gasteiger partial charge < -0.3 is 10.2 Å². The molecule has 1 N–H and O–H groups in total. The number of piperazine rings is 1. The lowest BCUT2D eigenvalue weighted by Gasteiger charge is -2.34. The van der Waals surface area contributed by atoms with E-state index in [2.05, 4.69) is 17.3 Å². The summed E-state index contributed by atoms with van der Waals surface area (Å²) in [6, 6.07) is 9.98. The number of benzene rings is 1. The maximum atomic E-state index is 12.6. The molecule has 1 fully saturated rings. The van der Waals surface area contributed by atoms with E-state index in [4.69, 9.17) is 0 Å². The number of carbonyl (C=O) groups is 1. The molecule has 1 aliphatic heterocycles. The van der Waals surface area contributed by atoms with Gasteiger partial charge in [0.1, 0.15) is 0 Å². The first-order valence-electron chi connectivity index (χ1n) is 7.71. The summed E-state index contributed by atoms with van der Waals surface area (Å²) in [6.07, 6.45) is 0. The second-order valence-electron chi connectivity index (χ2n) is 5.94. The van der Waals surface area contributed by atoms with Crippen LogP contribution in [0.1, 0.15) is 28.7 Å². The van der Waals surface area contributed by atoms with Gasteiger partial charge >= 0.3 is 0 Å². The van der Waals surface area contributed by atoms with Crippen LogP contribution < -0.4 is 5.32 Å². The van der Waals surface area contributed by atoms with Crippen molar-refractivity contribution < 1.29 is 4.79 Å². The molecule has 5 heteroatoms. The Morgan fingerprint density at radius 2 is 2.00 bits per heavy atom. The zero-order valence-electron chi connectivity index (χ0n) is 13.3. The molecule has 1 amide bonds. The third-order valence-corrected chi connectivity index (χ3v) is 4.13. The zero-order chi connectivity index (χ0) is 15.7. The number of aryl methyl sites for hydroxylation is 2. The fourth-order valence-corrected chi connectivity index (χ4v) is 2.94. The maximum Gasteiger partial charge on any atom is 0.254 e. The van der Waals surface area contributed by atoms with Crippen molar-refractivity contribution in [1.29, 1.82) is 0 Å². The molecular formula is C17H22N4O. The fraction of sp³-hybridized carbons (Fsp3) is 0.412. The molecular weight excluding hydrogens is 276 g/mol. The van der Waals surface area contributed by atoms with Gasteiger partial charge in [0, 0.05) is 36.9 Å². The number of nitrogens with zero attached hydrogens (tertiary/aromatic N) is 3. The average molecular weight is 298 g/mol. The lowest BCUT2D eigenvalue weighted by molar-refractivity contribution is 0.0656. The van der Waals surface area contributed by atoms with Gasteiger partial charge in [0.25, 0.3) is 5.91 Å². The van der Waals surface area contributed by atoms with Crippen LogP contribution in [0, 0.1) is 13.8 Å². The van der Waals surface area contributed by atoms with Crippen LogP contribution in [0.5, 0.6) is 0 Å². The van der Waals surface area contributed by atoms with Crippen LogP contribution >= 0.6 is 0 Å². The summed E-state index contributed by atoms with van der Waals surface area (Å²) in [5.41, 5.74) is 3.80. The highest BCUT2D eigenvalue weighted by atomic mass is 16.2. The third-order valence-electron chi connectivity index (χ3n) is 4.13. The van der Waals surface area contributed by atoms with E-state index in [1.165, 1.54) is 0 Å². The van der Waals surface area contributed by atoms with Gasteiger partial charge in [-0.25, -0.2) is 4.68 Å². The van der Waals surface area contributed by atoms with Gasteiger partial charge in [0.05, 0.1) is 11.4 Å². The quantitative estimate of drug-likeness (QED) is 0.921. The second kappa shape index (κ2) is 5.93. The van der Waals surface area contributed by atoms with E-state index < -0.39 is 0 Å². The minimum absolute atomic E-state index is 0.105. The van der Waals surface area contributed by atoms with E-state index in [1.807, 2.05) is 53.8 Å². The molecule has 0 bridgehead atoms. The van der Waals surface area contributed by atoms with E-state index in [-0.39, 0.29) is 11.9 Å². The van der Waals surface area contributed by atoms with Crippen LogP contribution in [0.3, 0.4) is 0 Å². The van der Waals surface area contributed by atoms with Crippen molar-refractivity contribution >= 4 is 5.91 Å². The molecule has 1 atom stereocenters. The first-order chi connectivity index (χ1) is 10.6. The van der Waals surface area contributed by atoms with Crippen LogP contribution in [-0.2, 0) is 0 Å². The molecule has 0 radical (unpaired) electrons. The van der Waals surface area contributed by atoms with E-state index in [0.717, 1.165) is 42.3 Å². The molecule has 22 heavy (non-hydrogen) atoms. The van der Waals surface area contributed by atoms with Gasteiger partial charge in [-0.3, -0.25) is 4.79 Å². The summed E-state index contributed by atoms with van der Waals surface area (Å²) < 4.78 is 1.90. The number of hydrogen-bond acceptors (Lipinski definition) is 3. The Balaban J connectivity index is 1.82. The van der Waals surface area contributed by atoms with Gasteiger partial charge in [-0.15, -0.1) is 0 Å². The summed E-state index contributed by atoms with van der Waals surface area (Å²) in [5.74, 6) is 0.105. The molecule has 2 aromatic rings. The summed E-state index contributed by atoms with van der Waals surface area (Å²) in [5, 5.41) is 7.77. The van der Waals surface area contributed by atoms with E-state index in [0.29, 0.717) is 0 Å². The predicted octanol–water partition coefficient (Wildman–Crippen LogP) is 1.92. The van der Waals surface area contributed by atoms with E-state index in [1.54, 1.807) is 0 Å². The van der Waals surface area contributed by atoms with Crippen LogP contribution in [0.25, 0.3) is 5.69 Å². The number of amides is 1. The highest BCUT2D eigenvalue weighted by Gasteiger charge is 2.23. The highest BCUT2D eigenvalue weighted by molar-refractivity contribution is 5.94. The van der Waals surface area contributed by atoms with Crippen LogP contribution in [0.15, 0.2) is 30.3 Å². The van der Waals surface area contributed by atoms with Crippen LogP contribution in [0.4, 0.5) is 0 Å². The van der Waals surface area contributed by atoms with Crippen molar-refractivity contribution in [2.75, 3.05) is 19.6 Å². The van der Waals surface area contributed by atoms with Gasteiger partial charge in [0.15, 0.2) is 0 Å². The van der Waals surface area contributed by atoms with Gasteiger partial charge in [-0.1, -0.05) is 0 Å². The van der Waals surface area contributed by atoms with Crippen molar-refractivity contribution in [2.45, 2.75) is 26.8 Å². The minimum Gasteiger partial charge on any atom is -0.333 e. The smallest absolute Gasteiger partial charge is 0.254 e. The Bertz CT molecular complexity index is 674. The van der Waals surface area contributed by atoms with Crippen molar-refractivity contribution in [1.82, 2.24) is 20.0 Å². The minimum atomic E-state index is 0.105. The van der Waals surface area contributed by atoms with E-state index >= 15 is 0 Å². The molecule has 5 nitrogen and oxygen atoms in total. The summed E-state index contributed by atoms with van der Waals surface area (Å²) in [7, 11) is 0. The Kier molecular flexibility index (Phi) is 3.98. The third kappa shape index (κ3) is 2.76. The topological polar surface area (TPSA) is 50.2 Å². The van der Waals surface area contributed by atoms with Gasteiger partial charge in [-0.05, 0) is 51.1 Å². The predicted molar refractivity (Wildman–Crippen MR) is 86.4 cm³/mol. The van der Waals surface area contributed by atoms with Crippen molar-refractivity contribution in [3.8, 4) is 5.69 Å². The molecule has 0 aliphatic carbocycles. The number of nitrogens with one attached hydrogen (secondary N) is 1. The average Bonchev–Trinajstić information content (AvgIpc) is 2.86. The molecule has 3 rings (SSSR count). The van der Waals surface area contributed by atoms with Crippen molar-refractivity contribution in [3.63, 3.8) is 0 Å². The van der Waals surface area contributed by atoms with Crippen LogP contribution in [-0.4, -0.2) is 46.3 Å². The number of rotatable bonds is 2. The summed E-state index contributed by atoms with van der Waals surface area (Å²) in [4.78, 5) is 14.5. The second-order valence-corrected chi connectivity index (χ2v) is 5.94. The molecule has 1 aromatic heterocycles. The monoisotopic (exact) mass is 298 g/mol. The van der Waals surface area contributed by atoms with Crippen LogP contribution in [0.2, 0.25) is 0 Å². The zero-order valence-corrected chi connectivity index (χ0v) is 13.3. The Morgan fingerprint density at radius 3 is 2.59 bits per heavy atom. The first kappa shape index (κ1) is 14.8. The Labute approximate surface area is 130 Å². The summed E-state index contributed by atoms with van der Waals surface area (Å²) >= 11 is 0. The number of carbonyl (C=O) groups excluding carboxylic acids is 1. The Morgan fingerprint density at radius 1 is 1.27 bits per heavy atom. The van der Waals surface area contributed by atoms with Crippen molar-refractivity contribution in [3.05, 3.63) is 47.3 Å². The molecule has 1 aliphatic rings. The normalized spacial score (nSPS) is 18.5. The van der Waals surface area contributed by atoms with Gasteiger partial charge in [-0.2, -0.15) is 5.10 Å². The maximum absolute atomic E-state index is 12.6. The van der Waals surface area contributed by atoms with Crippen molar-refractivity contribution in [2.24, 2.45) is 0 Å². The Hall–Kier alpha value is -2.14. The SMILES string of the molecule is Cc1cc(C)n(-c2ccc(C(=O)N3CCNC[C@H]3C)cc2)n1. The fourth-order valence-electron chi connectivity index (χ4n) is 2.94. The largest absolute Gasteiger partial charge is 0.333 e. The molecule has 0 saturated carbocycles. The molecule has 0 spiro atoms. The molecule has 116 valence electrons. The van der Waals surface area contributed by atoms with Gasteiger partial charge in [0.2, 0.25) is 0 Å². The van der Waals surface area contributed by atoms with E-state index in [9.17, 15) is 4.79 Å². The lowest BCUT2D eigenvalue weighted by Crippen LogP contribution is -2.52. The summed E-state index contributed by atoms with van der Waals surface area (Å²) in [6.45, 7) is 8.57. The molecule has 0 unspecified atom stereocenters. The number of hydrogen-bond donors (Lipinski definition) is 1.